The van der Waals surface area contributed by atoms with Crippen LogP contribution in [0.1, 0.15) is 38.5 Å². The number of unbranched alkanes of at least 4 members (excludes halogenated alkanes) is 4. The van der Waals surface area contributed by atoms with Gasteiger partial charge in [-0.05, 0) is 12.8 Å². The molecule has 2 aromatic rings. The fourth-order valence-corrected chi connectivity index (χ4v) is 2.43. The summed E-state index contributed by atoms with van der Waals surface area (Å²) in [5.74, 6) is 0.322. The van der Waals surface area contributed by atoms with E-state index in [1.807, 2.05) is 30.6 Å². The first-order valence-electron chi connectivity index (χ1n) is 7.56. The molecule has 112 valence electrons. The average Bonchev–Trinajstić information content (AvgIpc) is 2.95. The first-order valence-corrected chi connectivity index (χ1v) is 7.56. The quantitative estimate of drug-likeness (QED) is 0.709. The van der Waals surface area contributed by atoms with Gasteiger partial charge in [0.05, 0.1) is 0 Å². The number of rotatable bonds is 9. The highest BCUT2D eigenvalue weighted by Crippen LogP contribution is 2.17. The molecule has 0 aliphatic carbocycles. The Balaban J connectivity index is 1.72. The summed E-state index contributed by atoms with van der Waals surface area (Å²) in [6.45, 7) is 0.961. The standard InChI is InChI=1S/C17H22N2O2/c20-16(21)11-7-2-1-3-8-13-19-14-12-18-17(19)15-9-5-4-6-10-15/h4-6,9-10,12,14H,1-3,7-8,11,13H2,(H,20,21). The Labute approximate surface area is 125 Å². The van der Waals surface area contributed by atoms with Crippen LogP contribution in [0.25, 0.3) is 11.4 Å². The summed E-state index contributed by atoms with van der Waals surface area (Å²) in [5.41, 5.74) is 1.14. The first-order chi connectivity index (χ1) is 10.3. The minimum Gasteiger partial charge on any atom is -0.481 e. The van der Waals surface area contributed by atoms with E-state index in [1.165, 1.54) is 0 Å². The highest BCUT2D eigenvalue weighted by Gasteiger charge is 2.04. The zero-order valence-corrected chi connectivity index (χ0v) is 12.2. The van der Waals surface area contributed by atoms with Gasteiger partial charge in [0.15, 0.2) is 0 Å². The highest BCUT2D eigenvalue weighted by molar-refractivity contribution is 5.66. The topological polar surface area (TPSA) is 55.1 Å². The summed E-state index contributed by atoms with van der Waals surface area (Å²) in [4.78, 5) is 14.8. The smallest absolute Gasteiger partial charge is 0.303 e. The zero-order valence-electron chi connectivity index (χ0n) is 12.2. The molecule has 0 bridgehead atoms. The van der Waals surface area contributed by atoms with Gasteiger partial charge >= 0.3 is 5.97 Å². The first kappa shape index (κ1) is 15.3. The normalized spacial score (nSPS) is 10.7. The third-order valence-corrected chi connectivity index (χ3v) is 3.54. The molecule has 21 heavy (non-hydrogen) atoms. The van der Waals surface area contributed by atoms with Gasteiger partial charge in [0.2, 0.25) is 0 Å². The number of hydrogen-bond donors (Lipinski definition) is 1. The van der Waals surface area contributed by atoms with Crippen LogP contribution in [0, 0.1) is 0 Å². The minimum atomic E-state index is -0.694. The fraction of sp³-hybridized carbons (Fsp3) is 0.412. The van der Waals surface area contributed by atoms with E-state index >= 15 is 0 Å². The molecule has 0 unspecified atom stereocenters. The molecule has 0 atom stereocenters. The number of nitrogens with zero attached hydrogens (tertiary/aromatic N) is 2. The number of carbonyl (C=O) groups is 1. The SMILES string of the molecule is O=C(O)CCCCCCCn1ccnc1-c1ccccc1. The minimum absolute atomic E-state index is 0.291. The maximum atomic E-state index is 10.4. The van der Waals surface area contributed by atoms with E-state index in [0.717, 1.165) is 50.0 Å². The van der Waals surface area contributed by atoms with Crippen LogP contribution in [-0.4, -0.2) is 20.6 Å². The van der Waals surface area contributed by atoms with E-state index in [1.54, 1.807) is 0 Å². The maximum Gasteiger partial charge on any atom is 0.303 e. The Hall–Kier alpha value is -2.10. The summed E-state index contributed by atoms with van der Waals surface area (Å²) < 4.78 is 2.19. The Bertz CT molecular complexity index is 549. The van der Waals surface area contributed by atoms with E-state index in [9.17, 15) is 4.79 Å². The molecule has 4 heteroatoms. The van der Waals surface area contributed by atoms with Crippen LogP contribution in [0.4, 0.5) is 0 Å². The van der Waals surface area contributed by atoms with E-state index < -0.39 is 5.97 Å². The van der Waals surface area contributed by atoms with Crippen molar-refractivity contribution in [1.82, 2.24) is 9.55 Å². The number of hydrogen-bond acceptors (Lipinski definition) is 2. The van der Waals surface area contributed by atoms with Crippen molar-refractivity contribution >= 4 is 5.97 Å². The number of aryl methyl sites for hydroxylation is 1. The molecule has 2 rings (SSSR count). The van der Waals surface area contributed by atoms with Crippen molar-refractivity contribution in [2.24, 2.45) is 0 Å². The van der Waals surface area contributed by atoms with Gasteiger partial charge in [-0.2, -0.15) is 0 Å². The van der Waals surface area contributed by atoms with Gasteiger partial charge in [-0.15, -0.1) is 0 Å². The molecular formula is C17H22N2O2. The molecule has 0 spiro atoms. The molecule has 0 radical (unpaired) electrons. The van der Waals surface area contributed by atoms with Gasteiger partial charge < -0.3 is 9.67 Å². The number of aromatic nitrogens is 2. The molecule has 0 aliphatic rings. The predicted molar refractivity (Wildman–Crippen MR) is 83.0 cm³/mol. The van der Waals surface area contributed by atoms with Gasteiger partial charge in [-0.25, -0.2) is 4.98 Å². The van der Waals surface area contributed by atoms with Gasteiger partial charge in [0, 0.05) is 30.9 Å². The summed E-state index contributed by atoms with van der Waals surface area (Å²) in [7, 11) is 0. The van der Waals surface area contributed by atoms with Gasteiger partial charge in [0.25, 0.3) is 0 Å². The third-order valence-electron chi connectivity index (χ3n) is 3.54. The van der Waals surface area contributed by atoms with Crippen molar-refractivity contribution in [1.29, 1.82) is 0 Å². The molecule has 0 fully saturated rings. The molecule has 4 nitrogen and oxygen atoms in total. The second kappa shape index (κ2) is 8.25. The fourth-order valence-electron chi connectivity index (χ4n) is 2.43. The third kappa shape index (κ3) is 5.06. The number of aliphatic carboxylic acids is 1. The van der Waals surface area contributed by atoms with Crippen molar-refractivity contribution in [2.75, 3.05) is 0 Å². The van der Waals surface area contributed by atoms with Gasteiger partial charge in [0.1, 0.15) is 5.82 Å². The Morgan fingerprint density at radius 2 is 1.76 bits per heavy atom. The summed E-state index contributed by atoms with van der Waals surface area (Å²) >= 11 is 0. The number of benzene rings is 1. The monoisotopic (exact) mass is 286 g/mol. The molecule has 0 saturated heterocycles. The van der Waals surface area contributed by atoms with E-state index in [0.29, 0.717) is 6.42 Å². The summed E-state index contributed by atoms with van der Waals surface area (Å²) in [6.07, 6.45) is 9.27. The summed E-state index contributed by atoms with van der Waals surface area (Å²) in [6, 6.07) is 10.2. The lowest BCUT2D eigenvalue weighted by molar-refractivity contribution is -0.137. The Morgan fingerprint density at radius 1 is 1.05 bits per heavy atom. The average molecular weight is 286 g/mol. The van der Waals surface area contributed by atoms with Crippen LogP contribution >= 0.6 is 0 Å². The zero-order chi connectivity index (χ0) is 14.9. The van der Waals surface area contributed by atoms with E-state index in [-0.39, 0.29) is 0 Å². The predicted octanol–water partition coefficient (Wildman–Crippen LogP) is 3.98. The van der Waals surface area contributed by atoms with Crippen molar-refractivity contribution in [3.63, 3.8) is 0 Å². The lowest BCUT2D eigenvalue weighted by Crippen LogP contribution is -2.00. The Morgan fingerprint density at radius 3 is 2.52 bits per heavy atom. The maximum absolute atomic E-state index is 10.4. The number of carboxylic acids is 1. The van der Waals surface area contributed by atoms with Crippen LogP contribution in [-0.2, 0) is 11.3 Å². The van der Waals surface area contributed by atoms with Crippen molar-refractivity contribution < 1.29 is 9.90 Å². The van der Waals surface area contributed by atoms with Gasteiger partial charge in [-0.1, -0.05) is 49.6 Å². The van der Waals surface area contributed by atoms with Crippen LogP contribution in [0.3, 0.4) is 0 Å². The van der Waals surface area contributed by atoms with Crippen molar-refractivity contribution in [3.8, 4) is 11.4 Å². The molecular weight excluding hydrogens is 264 g/mol. The number of imidazole rings is 1. The van der Waals surface area contributed by atoms with Crippen LogP contribution in [0.15, 0.2) is 42.7 Å². The van der Waals surface area contributed by atoms with Crippen molar-refractivity contribution in [2.45, 2.75) is 45.1 Å². The lowest BCUT2D eigenvalue weighted by Gasteiger charge is -2.07. The van der Waals surface area contributed by atoms with E-state index in [2.05, 4.69) is 21.7 Å². The lowest BCUT2D eigenvalue weighted by atomic mass is 10.1. The molecule has 0 amide bonds. The van der Waals surface area contributed by atoms with E-state index in [4.69, 9.17) is 5.11 Å². The molecule has 1 N–H and O–H groups in total. The van der Waals surface area contributed by atoms with Crippen LogP contribution < -0.4 is 0 Å². The Kier molecular flexibility index (Phi) is 6.00. The second-order valence-electron chi connectivity index (χ2n) is 5.22. The highest BCUT2D eigenvalue weighted by atomic mass is 16.4. The van der Waals surface area contributed by atoms with Crippen LogP contribution in [0.2, 0.25) is 0 Å². The molecule has 0 aliphatic heterocycles. The molecule has 1 heterocycles. The molecule has 1 aromatic heterocycles. The molecule has 1 aromatic carbocycles. The van der Waals surface area contributed by atoms with Crippen molar-refractivity contribution in [3.05, 3.63) is 42.7 Å². The number of carboxylic acid groups (broad SMARTS) is 1. The molecule has 0 saturated carbocycles. The largest absolute Gasteiger partial charge is 0.481 e. The second-order valence-corrected chi connectivity index (χ2v) is 5.22. The van der Waals surface area contributed by atoms with Gasteiger partial charge in [-0.3, -0.25) is 4.79 Å². The summed E-state index contributed by atoms with van der Waals surface area (Å²) in [5, 5.41) is 8.57. The van der Waals surface area contributed by atoms with Crippen LogP contribution in [0.5, 0.6) is 0 Å².